The summed E-state index contributed by atoms with van der Waals surface area (Å²) in [7, 11) is 0. The molecule has 0 aliphatic carbocycles. The zero-order chi connectivity index (χ0) is 9.14. The average Bonchev–Trinajstić information content (AvgIpc) is 2.05. The summed E-state index contributed by atoms with van der Waals surface area (Å²) >= 11 is 0. The topological polar surface area (TPSA) is 62.8 Å². The zero-order valence-corrected chi connectivity index (χ0v) is 7.39. The second-order valence-electron chi connectivity index (χ2n) is 2.71. The smallest absolute Gasteiger partial charge is 0.132 e. The highest BCUT2D eigenvalue weighted by Crippen LogP contribution is 2.13. The third kappa shape index (κ3) is 1.44. The van der Waals surface area contributed by atoms with Gasteiger partial charge in [0.15, 0.2) is 0 Å². The molecule has 0 aromatic carbocycles. The van der Waals surface area contributed by atoms with Gasteiger partial charge >= 0.3 is 0 Å². The maximum Gasteiger partial charge on any atom is 0.132 e. The van der Waals surface area contributed by atoms with Gasteiger partial charge < -0.3 is 11.1 Å². The summed E-state index contributed by atoms with van der Waals surface area (Å²) in [4.78, 5) is 4.14. The number of aryl methyl sites for hydroxylation is 2. The monoisotopic (exact) mass is 163 g/mol. The normalized spacial score (nSPS) is 9.83. The van der Waals surface area contributed by atoms with Gasteiger partial charge in [0.05, 0.1) is 0 Å². The Morgan fingerprint density at radius 3 is 2.83 bits per heavy atom. The number of nitrogens with two attached hydrogens (primary N) is 1. The van der Waals surface area contributed by atoms with E-state index in [9.17, 15) is 0 Å². The first-order valence-corrected chi connectivity index (χ1v) is 3.95. The van der Waals surface area contributed by atoms with Gasteiger partial charge in [-0.3, -0.25) is 0 Å². The minimum atomic E-state index is 0.444. The summed E-state index contributed by atoms with van der Waals surface area (Å²) in [6, 6.07) is 1.92. The van der Waals surface area contributed by atoms with Gasteiger partial charge in [-0.05, 0) is 25.0 Å². The van der Waals surface area contributed by atoms with Crippen LogP contribution in [-0.4, -0.2) is 11.2 Å². The minimum absolute atomic E-state index is 0.444. The molecule has 0 fully saturated rings. The first-order valence-electron chi connectivity index (χ1n) is 3.95. The predicted molar refractivity (Wildman–Crippen MR) is 50.7 cm³/mol. The van der Waals surface area contributed by atoms with Crippen LogP contribution in [0.5, 0.6) is 0 Å². The Kier molecular flexibility index (Phi) is 2.43. The molecule has 0 aliphatic rings. The van der Waals surface area contributed by atoms with E-state index in [1.54, 1.807) is 0 Å². The fraction of sp³-hybridized carbons (Fsp3) is 0.333. The molecule has 3 N–H and O–H groups in total. The maximum atomic E-state index is 7.08. The minimum Gasteiger partial charge on any atom is -0.383 e. The van der Waals surface area contributed by atoms with E-state index in [0.29, 0.717) is 11.4 Å². The van der Waals surface area contributed by atoms with Crippen LogP contribution in [-0.2, 0) is 6.42 Å². The molecule has 1 rings (SSSR count). The molecule has 0 amide bonds. The summed E-state index contributed by atoms with van der Waals surface area (Å²) in [5.41, 5.74) is 8.41. The van der Waals surface area contributed by atoms with E-state index in [2.05, 4.69) is 11.9 Å². The van der Waals surface area contributed by atoms with Gasteiger partial charge in [-0.25, -0.2) is 4.98 Å². The number of nitrogens with one attached hydrogen (secondary N) is 1. The molecule has 3 nitrogen and oxygen atoms in total. The second kappa shape index (κ2) is 3.34. The fourth-order valence-corrected chi connectivity index (χ4v) is 1.16. The quantitative estimate of drug-likeness (QED) is 0.649. The Bertz CT molecular complexity index is 305. The number of aromatic nitrogens is 1. The van der Waals surface area contributed by atoms with E-state index >= 15 is 0 Å². The molecule has 0 aliphatic heterocycles. The van der Waals surface area contributed by atoms with Crippen LogP contribution in [0.4, 0.5) is 5.82 Å². The van der Waals surface area contributed by atoms with Crippen molar-refractivity contribution < 1.29 is 0 Å². The number of nitrogens with zero attached hydrogens (tertiary/aromatic N) is 1. The van der Waals surface area contributed by atoms with Crippen molar-refractivity contribution in [3.05, 3.63) is 22.9 Å². The van der Waals surface area contributed by atoms with Crippen LogP contribution in [0.15, 0.2) is 6.07 Å². The Hall–Kier alpha value is -1.38. The first kappa shape index (κ1) is 8.71. The van der Waals surface area contributed by atoms with Gasteiger partial charge in [0.1, 0.15) is 5.82 Å². The van der Waals surface area contributed by atoms with Crippen molar-refractivity contribution in [2.24, 2.45) is 0 Å². The molecule has 0 saturated heterocycles. The number of rotatable bonds is 2. The number of nitrogen functional groups attached to an aromatic ring is 1. The lowest BCUT2D eigenvalue weighted by molar-refractivity contribution is 1.05. The van der Waals surface area contributed by atoms with Gasteiger partial charge in [0, 0.05) is 17.5 Å². The van der Waals surface area contributed by atoms with Crippen molar-refractivity contribution in [2.75, 3.05) is 5.73 Å². The van der Waals surface area contributed by atoms with E-state index < -0.39 is 0 Å². The lowest BCUT2D eigenvalue weighted by Crippen LogP contribution is -2.01. The first-order chi connectivity index (χ1) is 5.69. The van der Waals surface area contributed by atoms with E-state index in [4.69, 9.17) is 11.1 Å². The lowest BCUT2D eigenvalue weighted by Gasteiger charge is -2.05. The summed E-state index contributed by atoms with van der Waals surface area (Å²) in [6.07, 6.45) is 2.17. The van der Waals surface area contributed by atoms with Crippen molar-refractivity contribution in [3.8, 4) is 0 Å². The molecule has 1 aromatic heterocycles. The van der Waals surface area contributed by atoms with Crippen LogP contribution in [0.25, 0.3) is 0 Å². The third-order valence-corrected chi connectivity index (χ3v) is 1.91. The molecular formula is C9H13N3. The Morgan fingerprint density at radius 2 is 2.33 bits per heavy atom. The molecule has 12 heavy (non-hydrogen) atoms. The maximum absolute atomic E-state index is 7.08. The van der Waals surface area contributed by atoms with Crippen LogP contribution in [0, 0.1) is 12.3 Å². The van der Waals surface area contributed by atoms with Crippen molar-refractivity contribution >= 4 is 12.0 Å². The van der Waals surface area contributed by atoms with E-state index in [1.165, 1.54) is 6.21 Å². The fourth-order valence-electron chi connectivity index (χ4n) is 1.16. The van der Waals surface area contributed by atoms with Crippen LogP contribution in [0.2, 0.25) is 0 Å². The van der Waals surface area contributed by atoms with Crippen LogP contribution in [0.1, 0.15) is 23.7 Å². The molecule has 0 unspecified atom stereocenters. The molecule has 1 aromatic rings. The highest BCUT2D eigenvalue weighted by Gasteiger charge is 2.02. The Morgan fingerprint density at radius 1 is 1.67 bits per heavy atom. The summed E-state index contributed by atoms with van der Waals surface area (Å²) in [5, 5.41) is 7.08. The molecule has 64 valence electrons. The molecule has 0 atom stereocenters. The molecule has 0 bridgehead atoms. The van der Waals surface area contributed by atoms with Crippen molar-refractivity contribution in [1.29, 1.82) is 5.41 Å². The van der Waals surface area contributed by atoms with Gasteiger partial charge in [-0.1, -0.05) is 6.92 Å². The molecule has 3 heteroatoms. The van der Waals surface area contributed by atoms with Gasteiger partial charge in [0.25, 0.3) is 0 Å². The van der Waals surface area contributed by atoms with Crippen molar-refractivity contribution in [1.82, 2.24) is 4.98 Å². The Labute approximate surface area is 72.1 Å². The predicted octanol–water partition coefficient (Wildman–Crippen LogP) is 1.53. The third-order valence-electron chi connectivity index (χ3n) is 1.91. The molecule has 1 heterocycles. The lowest BCUT2D eigenvalue weighted by atomic mass is 10.1. The highest BCUT2D eigenvalue weighted by molar-refractivity contribution is 5.83. The number of pyridine rings is 1. The molecular weight excluding hydrogens is 150 g/mol. The molecule has 0 radical (unpaired) electrons. The average molecular weight is 163 g/mol. The Balaban J connectivity index is 3.26. The van der Waals surface area contributed by atoms with Crippen molar-refractivity contribution in [2.45, 2.75) is 20.3 Å². The highest BCUT2D eigenvalue weighted by atomic mass is 14.8. The largest absolute Gasteiger partial charge is 0.383 e. The van der Waals surface area contributed by atoms with Crippen LogP contribution < -0.4 is 5.73 Å². The number of hydrogen-bond acceptors (Lipinski definition) is 3. The summed E-state index contributed by atoms with van der Waals surface area (Å²) in [6.45, 7) is 4.00. The SMILES string of the molecule is CCc1cc(C=N)c(N)nc1C. The van der Waals surface area contributed by atoms with Gasteiger partial charge in [0.2, 0.25) is 0 Å². The summed E-state index contributed by atoms with van der Waals surface area (Å²) < 4.78 is 0. The van der Waals surface area contributed by atoms with Gasteiger partial charge in [-0.15, -0.1) is 0 Å². The summed E-state index contributed by atoms with van der Waals surface area (Å²) in [5.74, 6) is 0.444. The number of hydrogen-bond donors (Lipinski definition) is 2. The van der Waals surface area contributed by atoms with E-state index in [0.717, 1.165) is 17.7 Å². The standard InChI is InChI=1S/C9H13N3/c1-3-7-4-8(5-10)9(11)12-6(7)2/h4-5,10H,3H2,1-2H3,(H2,11,12). The molecule has 0 saturated carbocycles. The van der Waals surface area contributed by atoms with Crippen LogP contribution >= 0.6 is 0 Å². The van der Waals surface area contributed by atoms with Gasteiger partial charge in [-0.2, -0.15) is 0 Å². The van der Waals surface area contributed by atoms with Crippen LogP contribution in [0.3, 0.4) is 0 Å². The molecule has 0 spiro atoms. The number of anilines is 1. The second-order valence-corrected chi connectivity index (χ2v) is 2.71. The van der Waals surface area contributed by atoms with E-state index in [-0.39, 0.29) is 0 Å². The van der Waals surface area contributed by atoms with E-state index in [1.807, 2.05) is 13.0 Å². The zero-order valence-electron chi connectivity index (χ0n) is 7.39. The van der Waals surface area contributed by atoms with Crippen molar-refractivity contribution in [3.63, 3.8) is 0 Å².